The first-order valence-electron chi connectivity index (χ1n) is 6.65. The second-order valence-electron chi connectivity index (χ2n) is 5.51. The van der Waals surface area contributed by atoms with Gasteiger partial charge in [-0.15, -0.1) is 5.10 Å². The van der Waals surface area contributed by atoms with Gasteiger partial charge in [-0.05, 0) is 31.6 Å². The lowest BCUT2D eigenvalue weighted by molar-refractivity contribution is 0.0461. The Morgan fingerprint density at radius 2 is 2.17 bits per heavy atom. The fraction of sp³-hybridized carbons (Fsp3) is 0.833. The summed E-state index contributed by atoms with van der Waals surface area (Å²) < 4.78 is 5.60. The molecular weight excluding hydrogens is 232 g/mol. The van der Waals surface area contributed by atoms with Gasteiger partial charge in [-0.2, -0.15) is 0 Å². The number of nitrogens with zero attached hydrogens (tertiary/aromatic N) is 3. The Hall–Kier alpha value is -1.14. The van der Waals surface area contributed by atoms with Crippen LogP contribution in [-0.2, 0) is 6.54 Å². The molecule has 0 radical (unpaired) electrons. The Kier molecular flexibility index (Phi) is 3.22. The molecule has 3 rings (SSSR count). The van der Waals surface area contributed by atoms with Gasteiger partial charge in [0.1, 0.15) is 0 Å². The molecule has 0 amide bonds. The second kappa shape index (κ2) is 4.85. The van der Waals surface area contributed by atoms with Crippen molar-refractivity contribution >= 4 is 6.01 Å². The number of anilines is 1. The highest BCUT2D eigenvalue weighted by Crippen LogP contribution is 2.28. The van der Waals surface area contributed by atoms with Gasteiger partial charge in [0.2, 0.25) is 5.89 Å². The quantitative estimate of drug-likeness (QED) is 0.769. The molecule has 1 heterocycles. The number of hydrogen-bond acceptors (Lipinski definition) is 6. The largest absolute Gasteiger partial charge is 0.407 e. The van der Waals surface area contributed by atoms with Gasteiger partial charge >= 0.3 is 6.01 Å². The SMILES string of the molecule is CN(CC1CC(O)C1)c1nnc(CNC2CC2)o1. The van der Waals surface area contributed by atoms with E-state index in [0.717, 1.165) is 19.4 Å². The smallest absolute Gasteiger partial charge is 0.317 e. The van der Waals surface area contributed by atoms with Crippen molar-refractivity contribution in [3.8, 4) is 0 Å². The fourth-order valence-corrected chi connectivity index (χ4v) is 2.30. The molecule has 2 aliphatic rings. The summed E-state index contributed by atoms with van der Waals surface area (Å²) in [6.45, 7) is 1.53. The molecule has 6 nitrogen and oxygen atoms in total. The van der Waals surface area contributed by atoms with Crippen molar-refractivity contribution in [3.05, 3.63) is 5.89 Å². The van der Waals surface area contributed by atoms with Crippen molar-refractivity contribution in [1.82, 2.24) is 15.5 Å². The highest BCUT2D eigenvalue weighted by molar-refractivity contribution is 5.22. The molecule has 6 heteroatoms. The van der Waals surface area contributed by atoms with Crippen LogP contribution in [-0.4, -0.2) is 41.0 Å². The van der Waals surface area contributed by atoms with E-state index in [1.54, 1.807) is 0 Å². The normalized spacial score (nSPS) is 27.0. The predicted molar refractivity (Wildman–Crippen MR) is 66.2 cm³/mol. The van der Waals surface area contributed by atoms with Crippen molar-refractivity contribution in [3.63, 3.8) is 0 Å². The minimum absolute atomic E-state index is 0.107. The Morgan fingerprint density at radius 1 is 1.39 bits per heavy atom. The third kappa shape index (κ3) is 2.81. The van der Waals surface area contributed by atoms with Crippen LogP contribution in [0.15, 0.2) is 4.42 Å². The molecule has 0 aliphatic heterocycles. The van der Waals surface area contributed by atoms with Crippen LogP contribution < -0.4 is 10.2 Å². The Balaban J connectivity index is 1.48. The summed E-state index contributed by atoms with van der Waals surface area (Å²) in [4.78, 5) is 1.98. The lowest BCUT2D eigenvalue weighted by atomic mass is 9.82. The van der Waals surface area contributed by atoms with Crippen molar-refractivity contribution in [2.75, 3.05) is 18.5 Å². The first kappa shape index (κ1) is 11.9. The third-order valence-electron chi connectivity index (χ3n) is 3.64. The number of aliphatic hydroxyl groups excluding tert-OH is 1. The summed E-state index contributed by atoms with van der Waals surface area (Å²) in [6.07, 6.45) is 4.17. The van der Waals surface area contributed by atoms with Gasteiger partial charge in [0, 0.05) is 19.6 Å². The highest BCUT2D eigenvalue weighted by atomic mass is 16.4. The minimum atomic E-state index is -0.107. The number of aliphatic hydroxyl groups is 1. The number of aromatic nitrogens is 2. The predicted octanol–water partition coefficient (Wildman–Crippen LogP) is 0.529. The van der Waals surface area contributed by atoms with E-state index in [1.165, 1.54) is 12.8 Å². The average Bonchev–Trinajstić information content (AvgIpc) is 3.01. The summed E-state index contributed by atoms with van der Waals surface area (Å²) in [7, 11) is 1.95. The molecule has 0 saturated heterocycles. The molecule has 0 spiro atoms. The van der Waals surface area contributed by atoms with Crippen molar-refractivity contribution < 1.29 is 9.52 Å². The first-order chi connectivity index (χ1) is 8.70. The molecule has 18 heavy (non-hydrogen) atoms. The Morgan fingerprint density at radius 3 is 2.83 bits per heavy atom. The van der Waals surface area contributed by atoms with E-state index in [0.29, 0.717) is 30.4 Å². The maximum absolute atomic E-state index is 9.26. The van der Waals surface area contributed by atoms with Crippen LogP contribution in [0.4, 0.5) is 6.01 Å². The van der Waals surface area contributed by atoms with Gasteiger partial charge in [-0.3, -0.25) is 0 Å². The van der Waals surface area contributed by atoms with E-state index >= 15 is 0 Å². The molecule has 1 aromatic rings. The molecule has 100 valence electrons. The van der Waals surface area contributed by atoms with Crippen molar-refractivity contribution in [1.29, 1.82) is 0 Å². The summed E-state index contributed by atoms with van der Waals surface area (Å²) in [5, 5.41) is 20.7. The van der Waals surface area contributed by atoms with E-state index in [9.17, 15) is 5.11 Å². The fourth-order valence-electron chi connectivity index (χ4n) is 2.30. The maximum atomic E-state index is 9.26. The van der Waals surface area contributed by atoms with Gasteiger partial charge < -0.3 is 19.7 Å². The maximum Gasteiger partial charge on any atom is 0.317 e. The highest BCUT2D eigenvalue weighted by Gasteiger charge is 2.29. The third-order valence-corrected chi connectivity index (χ3v) is 3.64. The van der Waals surface area contributed by atoms with Gasteiger partial charge in [0.25, 0.3) is 0 Å². The topological polar surface area (TPSA) is 74.4 Å². The van der Waals surface area contributed by atoms with Crippen LogP contribution in [0.2, 0.25) is 0 Å². The number of rotatable bonds is 6. The Bertz CT molecular complexity index is 399. The zero-order chi connectivity index (χ0) is 12.5. The van der Waals surface area contributed by atoms with E-state index in [-0.39, 0.29) is 6.10 Å². The molecule has 0 atom stereocenters. The minimum Gasteiger partial charge on any atom is -0.407 e. The molecule has 2 aliphatic carbocycles. The molecule has 2 saturated carbocycles. The van der Waals surface area contributed by atoms with Gasteiger partial charge in [-0.25, -0.2) is 0 Å². The van der Waals surface area contributed by atoms with E-state index in [1.807, 2.05) is 11.9 Å². The van der Waals surface area contributed by atoms with Crippen LogP contribution in [0.5, 0.6) is 0 Å². The average molecular weight is 252 g/mol. The lowest BCUT2D eigenvalue weighted by Crippen LogP contribution is -2.37. The molecular formula is C12H20N4O2. The number of nitrogens with one attached hydrogen (secondary N) is 1. The van der Waals surface area contributed by atoms with Gasteiger partial charge in [0.05, 0.1) is 12.6 Å². The summed E-state index contributed by atoms with van der Waals surface area (Å²) in [5.74, 6) is 1.20. The van der Waals surface area contributed by atoms with Gasteiger partial charge in [-0.1, -0.05) is 5.10 Å². The van der Waals surface area contributed by atoms with Crippen LogP contribution in [0.25, 0.3) is 0 Å². The summed E-state index contributed by atoms with van der Waals surface area (Å²) >= 11 is 0. The van der Waals surface area contributed by atoms with E-state index in [2.05, 4.69) is 15.5 Å². The number of hydrogen-bond donors (Lipinski definition) is 2. The summed E-state index contributed by atoms with van der Waals surface area (Å²) in [6, 6.07) is 1.22. The van der Waals surface area contributed by atoms with Crippen molar-refractivity contribution in [2.45, 2.75) is 44.4 Å². The molecule has 0 bridgehead atoms. The zero-order valence-corrected chi connectivity index (χ0v) is 10.7. The molecule has 0 unspecified atom stereocenters. The Labute approximate surface area is 106 Å². The van der Waals surface area contributed by atoms with Gasteiger partial charge in [0.15, 0.2) is 0 Å². The molecule has 1 aromatic heterocycles. The zero-order valence-electron chi connectivity index (χ0n) is 10.7. The molecule has 2 fully saturated rings. The summed E-state index contributed by atoms with van der Waals surface area (Å²) in [5.41, 5.74) is 0. The van der Waals surface area contributed by atoms with Crippen LogP contribution in [0.1, 0.15) is 31.6 Å². The van der Waals surface area contributed by atoms with Crippen LogP contribution in [0.3, 0.4) is 0 Å². The van der Waals surface area contributed by atoms with Crippen molar-refractivity contribution in [2.24, 2.45) is 5.92 Å². The van der Waals surface area contributed by atoms with Crippen LogP contribution in [0, 0.1) is 5.92 Å². The van der Waals surface area contributed by atoms with E-state index in [4.69, 9.17) is 4.42 Å². The van der Waals surface area contributed by atoms with E-state index < -0.39 is 0 Å². The monoisotopic (exact) mass is 252 g/mol. The first-order valence-corrected chi connectivity index (χ1v) is 6.65. The molecule has 2 N–H and O–H groups in total. The lowest BCUT2D eigenvalue weighted by Gasteiger charge is -2.33. The second-order valence-corrected chi connectivity index (χ2v) is 5.51. The standard InChI is InChI=1S/C12H20N4O2/c1-16(7-8-4-10(17)5-8)12-15-14-11(18-12)6-13-9-2-3-9/h8-10,13,17H,2-7H2,1H3. The van der Waals surface area contributed by atoms with Crippen LogP contribution >= 0.6 is 0 Å². The molecule has 0 aromatic carbocycles.